The van der Waals surface area contributed by atoms with E-state index in [4.69, 9.17) is 11.5 Å². The summed E-state index contributed by atoms with van der Waals surface area (Å²) in [7, 11) is 0. The van der Waals surface area contributed by atoms with Gasteiger partial charge in [-0.25, -0.2) is 0 Å². The summed E-state index contributed by atoms with van der Waals surface area (Å²) >= 11 is 0. The second kappa shape index (κ2) is 43.5. The highest BCUT2D eigenvalue weighted by Crippen LogP contribution is 2.13. The van der Waals surface area contributed by atoms with E-state index in [0.717, 1.165) is 39.0 Å². The number of nitrogens with two attached hydrogens (primary N) is 2. The van der Waals surface area contributed by atoms with Crippen molar-refractivity contribution in [2.45, 2.75) is 213 Å². The van der Waals surface area contributed by atoms with Gasteiger partial charge >= 0.3 is 0 Å². The van der Waals surface area contributed by atoms with Crippen molar-refractivity contribution in [3.8, 4) is 0 Å². The molecule has 0 aliphatic carbocycles. The number of hydrogen-bond donors (Lipinski definition) is 2. The number of nitrogens with zero attached hydrogens (tertiary/aromatic N) is 2. The van der Waals surface area contributed by atoms with Crippen LogP contribution in [0.5, 0.6) is 0 Å². The molecule has 4 heteroatoms. The van der Waals surface area contributed by atoms with Crippen molar-refractivity contribution in [2.24, 2.45) is 11.5 Å². The molecule has 0 bridgehead atoms. The Hall–Kier alpha value is -0.680. The van der Waals surface area contributed by atoms with E-state index in [2.05, 4.69) is 48.0 Å². The molecule has 0 aromatic rings. The molecular weight excluding hydrogens is 597 g/mol. The van der Waals surface area contributed by atoms with Gasteiger partial charge in [0.1, 0.15) is 0 Å². The van der Waals surface area contributed by atoms with Crippen LogP contribution in [0, 0.1) is 0 Å². The molecule has 0 aromatic carbocycles. The van der Waals surface area contributed by atoms with E-state index in [1.54, 1.807) is 0 Å². The average Bonchev–Trinajstić information content (AvgIpc) is 3.11. The Balaban J connectivity index is 4.13. The molecule has 0 heterocycles. The van der Waals surface area contributed by atoms with Crippen molar-refractivity contribution >= 4 is 0 Å². The number of hydrogen-bond acceptors (Lipinski definition) is 4. The van der Waals surface area contributed by atoms with Crippen LogP contribution in [0.3, 0.4) is 0 Å². The van der Waals surface area contributed by atoms with E-state index in [-0.39, 0.29) is 0 Å². The molecule has 4 N–H and O–H groups in total. The Bertz CT molecular complexity index is 598. The van der Waals surface area contributed by atoms with Crippen molar-refractivity contribution < 1.29 is 0 Å². The minimum atomic E-state index is 0.789. The van der Waals surface area contributed by atoms with Crippen molar-refractivity contribution in [3.63, 3.8) is 0 Å². The van der Waals surface area contributed by atoms with Gasteiger partial charge < -0.3 is 21.3 Å². The minimum absolute atomic E-state index is 0.789. The summed E-state index contributed by atoms with van der Waals surface area (Å²) in [6.07, 6.45) is 52.0. The fourth-order valence-electron chi connectivity index (χ4n) is 6.98. The Labute approximate surface area is 310 Å². The maximum absolute atomic E-state index is 5.82. The van der Waals surface area contributed by atoms with Gasteiger partial charge in [0, 0.05) is 0 Å². The molecule has 0 aromatic heterocycles. The largest absolute Gasteiger partial charge is 0.330 e. The van der Waals surface area contributed by atoms with Crippen molar-refractivity contribution in [3.05, 3.63) is 24.3 Å². The molecular formula is C45H92N4. The van der Waals surface area contributed by atoms with Gasteiger partial charge in [0.05, 0.1) is 0 Å². The summed E-state index contributed by atoms with van der Waals surface area (Å²) in [4.78, 5) is 5.40. The van der Waals surface area contributed by atoms with E-state index in [1.165, 1.54) is 212 Å². The van der Waals surface area contributed by atoms with Crippen LogP contribution < -0.4 is 11.5 Å². The molecule has 0 saturated carbocycles. The van der Waals surface area contributed by atoms with Crippen LogP contribution in [0.4, 0.5) is 0 Å². The predicted molar refractivity (Wildman–Crippen MR) is 224 cm³/mol. The first-order valence-electron chi connectivity index (χ1n) is 22.4. The minimum Gasteiger partial charge on any atom is -0.330 e. The molecule has 0 atom stereocenters. The Morgan fingerprint density at radius 2 is 0.531 bits per heavy atom. The molecule has 0 rings (SSSR count). The van der Waals surface area contributed by atoms with Crippen LogP contribution in [0.25, 0.3) is 0 Å². The van der Waals surface area contributed by atoms with Crippen LogP contribution in [0.1, 0.15) is 213 Å². The number of unbranched alkanes of at least 4 members (excludes halogenated alkanes) is 24. The van der Waals surface area contributed by atoms with Gasteiger partial charge in [0.2, 0.25) is 0 Å². The van der Waals surface area contributed by atoms with Crippen LogP contribution in [-0.2, 0) is 0 Å². The van der Waals surface area contributed by atoms with E-state index >= 15 is 0 Å². The fraction of sp³-hybridized carbons (Fsp3) is 0.911. The maximum Gasteiger partial charge on any atom is -0.000653 e. The van der Waals surface area contributed by atoms with Crippen LogP contribution in [0.15, 0.2) is 24.3 Å². The molecule has 0 radical (unpaired) electrons. The third-order valence-corrected chi connectivity index (χ3v) is 10.3. The normalized spacial score (nSPS) is 12.2. The molecule has 0 saturated heterocycles. The second-order valence-electron chi connectivity index (χ2n) is 15.2. The third kappa shape index (κ3) is 40.0. The molecule has 292 valence electrons. The highest BCUT2D eigenvalue weighted by molar-refractivity contribution is 4.82. The lowest BCUT2D eigenvalue weighted by Crippen LogP contribution is -2.33. The predicted octanol–water partition coefficient (Wildman–Crippen LogP) is 12.8. The topological polar surface area (TPSA) is 58.5 Å². The second-order valence-corrected chi connectivity index (χ2v) is 15.2. The highest BCUT2D eigenvalue weighted by atomic mass is 15.1. The van der Waals surface area contributed by atoms with Crippen molar-refractivity contribution in [1.29, 1.82) is 0 Å². The van der Waals surface area contributed by atoms with E-state index in [1.807, 2.05) is 0 Å². The lowest BCUT2D eigenvalue weighted by atomic mass is 10.1. The van der Waals surface area contributed by atoms with Gasteiger partial charge in [-0.15, -0.1) is 0 Å². The molecule has 0 aliphatic rings. The molecule has 0 amide bonds. The molecule has 49 heavy (non-hydrogen) atoms. The Morgan fingerprint density at radius 3 is 0.837 bits per heavy atom. The van der Waals surface area contributed by atoms with E-state index in [9.17, 15) is 0 Å². The van der Waals surface area contributed by atoms with E-state index in [0.29, 0.717) is 0 Å². The van der Waals surface area contributed by atoms with Crippen LogP contribution in [0.2, 0.25) is 0 Å². The summed E-state index contributed by atoms with van der Waals surface area (Å²) in [5.41, 5.74) is 11.6. The summed E-state index contributed by atoms with van der Waals surface area (Å²) in [5.74, 6) is 0. The molecule has 4 nitrogen and oxygen atoms in total. The van der Waals surface area contributed by atoms with Gasteiger partial charge in [-0.3, -0.25) is 0 Å². The summed E-state index contributed by atoms with van der Waals surface area (Å²) in [6, 6.07) is 0. The van der Waals surface area contributed by atoms with Gasteiger partial charge in [-0.2, -0.15) is 0 Å². The average molecular weight is 689 g/mol. The summed E-state index contributed by atoms with van der Waals surface area (Å²) in [5, 5.41) is 0. The Kier molecular flexibility index (Phi) is 42.9. The van der Waals surface area contributed by atoms with Gasteiger partial charge in [-0.1, -0.05) is 154 Å². The maximum atomic E-state index is 5.82. The quantitative estimate of drug-likeness (QED) is 0.0495. The first-order valence-corrected chi connectivity index (χ1v) is 22.4. The van der Waals surface area contributed by atoms with Gasteiger partial charge in [-0.05, 0) is 136 Å². The SMILES string of the molecule is CCCCCCCC/C=C/CCCCCCCCN(CCCCCCCC/C=C/CCCCCCCC)CCCN(CCCN)CCCN. The van der Waals surface area contributed by atoms with E-state index < -0.39 is 0 Å². The number of rotatable bonds is 42. The summed E-state index contributed by atoms with van der Waals surface area (Å²) < 4.78 is 0. The van der Waals surface area contributed by atoms with Gasteiger partial charge in [0.25, 0.3) is 0 Å². The molecule has 0 fully saturated rings. The molecule has 0 spiro atoms. The Morgan fingerprint density at radius 1 is 0.286 bits per heavy atom. The lowest BCUT2D eigenvalue weighted by molar-refractivity contribution is 0.218. The standard InChI is InChI=1S/C45H92N4/c1-3-5-7-9-11-13-15-17-19-21-23-25-27-29-31-33-40-48(44-37-45-49(42-35-38-46)43-36-39-47)41-34-32-30-28-26-24-22-20-18-16-14-12-10-8-6-4-2/h17-20H,3-16,21-47H2,1-2H3/b19-17+,20-18+. The monoisotopic (exact) mass is 689 g/mol. The van der Waals surface area contributed by atoms with Gasteiger partial charge in [0.15, 0.2) is 0 Å². The first-order chi connectivity index (χ1) is 24.3. The molecule has 0 unspecified atom stereocenters. The first kappa shape index (κ1) is 48.3. The van der Waals surface area contributed by atoms with Crippen molar-refractivity contribution in [1.82, 2.24) is 9.80 Å². The smallest absolute Gasteiger partial charge is 0.000653 e. The zero-order chi connectivity index (χ0) is 35.6. The van der Waals surface area contributed by atoms with Crippen molar-refractivity contribution in [2.75, 3.05) is 52.4 Å². The van der Waals surface area contributed by atoms with Crippen LogP contribution >= 0.6 is 0 Å². The third-order valence-electron chi connectivity index (χ3n) is 10.3. The summed E-state index contributed by atoms with van der Waals surface area (Å²) in [6.45, 7) is 13.4. The zero-order valence-electron chi connectivity index (χ0n) is 33.9. The lowest BCUT2D eigenvalue weighted by Gasteiger charge is -2.26. The fourth-order valence-corrected chi connectivity index (χ4v) is 6.98. The number of allylic oxidation sites excluding steroid dienone is 4. The highest BCUT2D eigenvalue weighted by Gasteiger charge is 2.08. The molecule has 0 aliphatic heterocycles. The zero-order valence-corrected chi connectivity index (χ0v) is 33.9. The van der Waals surface area contributed by atoms with Crippen LogP contribution in [-0.4, -0.2) is 62.2 Å².